The predicted octanol–water partition coefficient (Wildman–Crippen LogP) is 1.88. The molecule has 2 rings (SSSR count). The van der Waals surface area contributed by atoms with Crippen LogP contribution in [0.3, 0.4) is 0 Å². The van der Waals surface area contributed by atoms with Crippen LogP contribution >= 0.6 is 12.2 Å². The zero-order valence-corrected chi connectivity index (χ0v) is 13.6. The summed E-state index contributed by atoms with van der Waals surface area (Å²) in [5.74, 6) is -1.32. The molecule has 2 amide bonds. The van der Waals surface area contributed by atoms with Crippen LogP contribution in [0.1, 0.15) is 15.9 Å². The molecule has 0 aliphatic heterocycles. The van der Waals surface area contributed by atoms with Gasteiger partial charge in [0.05, 0.1) is 0 Å². The molecule has 25 heavy (non-hydrogen) atoms. The Kier molecular flexibility index (Phi) is 6.19. The first-order valence-electron chi connectivity index (χ1n) is 7.08. The van der Waals surface area contributed by atoms with Crippen LogP contribution in [0.15, 0.2) is 54.6 Å². The highest BCUT2D eigenvalue weighted by Crippen LogP contribution is 2.09. The molecule has 0 unspecified atom stereocenters. The van der Waals surface area contributed by atoms with Crippen molar-refractivity contribution in [3.8, 4) is 5.75 Å². The van der Waals surface area contributed by atoms with Crippen molar-refractivity contribution >= 4 is 35.2 Å². The zero-order valence-electron chi connectivity index (χ0n) is 12.8. The number of hydrogen-bond acceptors (Lipinski definition) is 4. The van der Waals surface area contributed by atoms with Crippen molar-refractivity contribution in [1.29, 1.82) is 0 Å². The summed E-state index contributed by atoms with van der Waals surface area (Å²) < 4.78 is 12.8. The summed E-state index contributed by atoms with van der Waals surface area (Å²) in [6.07, 6.45) is 2.72. The molecule has 0 aromatic heterocycles. The van der Waals surface area contributed by atoms with E-state index in [-0.39, 0.29) is 16.7 Å². The molecule has 0 radical (unpaired) electrons. The number of carbonyl (C=O) groups is 2. The van der Waals surface area contributed by atoms with E-state index in [1.54, 1.807) is 0 Å². The number of nitrogens with one attached hydrogen (secondary N) is 3. The smallest absolute Gasteiger partial charge is 0.269 e. The minimum atomic E-state index is -0.513. The van der Waals surface area contributed by atoms with Crippen LogP contribution in [-0.2, 0) is 4.79 Å². The van der Waals surface area contributed by atoms with E-state index in [0.717, 1.165) is 0 Å². The van der Waals surface area contributed by atoms with Gasteiger partial charge in [0.15, 0.2) is 5.11 Å². The number of benzene rings is 2. The molecule has 0 saturated carbocycles. The van der Waals surface area contributed by atoms with Gasteiger partial charge in [-0.15, -0.1) is 0 Å². The summed E-state index contributed by atoms with van der Waals surface area (Å²) in [5, 5.41) is 11.4. The summed E-state index contributed by atoms with van der Waals surface area (Å²) in [6, 6.07) is 11.2. The molecule has 0 bridgehead atoms. The number of phenolic OH excluding ortho intramolecular Hbond substituents is 1. The molecule has 0 spiro atoms. The highest BCUT2D eigenvalue weighted by atomic mass is 32.1. The Morgan fingerprint density at radius 2 is 1.64 bits per heavy atom. The Bertz CT molecular complexity index is 805. The number of rotatable bonds is 3. The van der Waals surface area contributed by atoms with Crippen LogP contribution in [-0.4, -0.2) is 22.0 Å². The van der Waals surface area contributed by atoms with Crippen LogP contribution < -0.4 is 16.2 Å². The molecule has 0 aliphatic rings. The van der Waals surface area contributed by atoms with Gasteiger partial charge in [-0.25, -0.2) is 4.39 Å². The lowest BCUT2D eigenvalue weighted by molar-refractivity contribution is -0.115. The maximum Gasteiger partial charge on any atom is 0.269 e. The predicted molar refractivity (Wildman–Crippen MR) is 94.9 cm³/mol. The molecule has 0 atom stereocenters. The number of hydrazine groups is 1. The van der Waals surface area contributed by atoms with Gasteiger partial charge in [0.1, 0.15) is 11.6 Å². The first-order valence-corrected chi connectivity index (χ1v) is 7.49. The Hall–Kier alpha value is -3.26. The fourth-order valence-electron chi connectivity index (χ4n) is 1.73. The minimum Gasteiger partial charge on any atom is -0.508 e. The first-order chi connectivity index (χ1) is 11.9. The van der Waals surface area contributed by atoms with E-state index in [1.807, 2.05) is 0 Å². The van der Waals surface area contributed by atoms with Gasteiger partial charge in [0.2, 0.25) is 5.91 Å². The lowest BCUT2D eigenvalue weighted by Gasteiger charge is -2.09. The molecule has 8 heteroatoms. The Morgan fingerprint density at radius 1 is 1.00 bits per heavy atom. The number of phenols is 1. The van der Waals surface area contributed by atoms with Gasteiger partial charge in [-0.2, -0.15) is 0 Å². The molecule has 4 N–H and O–H groups in total. The Balaban J connectivity index is 1.79. The van der Waals surface area contributed by atoms with Crippen molar-refractivity contribution in [2.45, 2.75) is 0 Å². The third-order valence-corrected chi connectivity index (χ3v) is 3.16. The second-order valence-electron chi connectivity index (χ2n) is 4.83. The van der Waals surface area contributed by atoms with E-state index in [9.17, 15) is 14.0 Å². The fourth-order valence-corrected chi connectivity index (χ4v) is 1.88. The largest absolute Gasteiger partial charge is 0.508 e. The van der Waals surface area contributed by atoms with Crippen LogP contribution in [0.5, 0.6) is 5.75 Å². The van der Waals surface area contributed by atoms with Crippen LogP contribution in [0.4, 0.5) is 4.39 Å². The van der Waals surface area contributed by atoms with E-state index in [2.05, 4.69) is 16.2 Å². The first kappa shape index (κ1) is 18.1. The van der Waals surface area contributed by atoms with Gasteiger partial charge in [0, 0.05) is 11.6 Å². The molecular formula is C17H14FN3O3S. The average molecular weight is 359 g/mol. The quantitative estimate of drug-likeness (QED) is 0.382. The average Bonchev–Trinajstić information content (AvgIpc) is 2.60. The minimum absolute atomic E-state index is 0.0419. The molecule has 0 fully saturated rings. The molecule has 2 aromatic rings. The molecule has 2 aromatic carbocycles. The Labute approximate surface area is 148 Å². The van der Waals surface area contributed by atoms with E-state index in [1.165, 1.54) is 60.7 Å². The molecule has 128 valence electrons. The highest BCUT2D eigenvalue weighted by molar-refractivity contribution is 7.80. The molecule has 0 saturated heterocycles. The number of aromatic hydroxyl groups is 1. The number of amides is 2. The standard InChI is InChI=1S/C17H14FN3O3S/c18-13-6-1-11(2-7-13)3-10-15(23)19-17(25)21-20-16(24)12-4-8-14(22)9-5-12/h1-10,22H,(H,20,24)(H2,19,21,23,25). The maximum absolute atomic E-state index is 12.8. The monoisotopic (exact) mass is 359 g/mol. The molecule has 6 nitrogen and oxygen atoms in total. The lowest BCUT2D eigenvalue weighted by atomic mass is 10.2. The second kappa shape index (κ2) is 8.55. The van der Waals surface area contributed by atoms with Gasteiger partial charge in [-0.1, -0.05) is 12.1 Å². The van der Waals surface area contributed by atoms with E-state index in [4.69, 9.17) is 17.3 Å². The van der Waals surface area contributed by atoms with Gasteiger partial charge >= 0.3 is 0 Å². The van der Waals surface area contributed by atoms with Crippen molar-refractivity contribution in [1.82, 2.24) is 16.2 Å². The fraction of sp³-hybridized carbons (Fsp3) is 0. The summed E-state index contributed by atoms with van der Waals surface area (Å²) >= 11 is 4.89. The Morgan fingerprint density at radius 3 is 2.28 bits per heavy atom. The third-order valence-electron chi connectivity index (χ3n) is 2.95. The van der Waals surface area contributed by atoms with Crippen LogP contribution in [0, 0.1) is 5.82 Å². The summed E-state index contributed by atoms with van der Waals surface area (Å²) in [6.45, 7) is 0. The topological polar surface area (TPSA) is 90.5 Å². The van der Waals surface area contributed by atoms with Gasteiger partial charge in [-0.05, 0) is 60.3 Å². The summed E-state index contributed by atoms with van der Waals surface area (Å²) in [7, 11) is 0. The van der Waals surface area contributed by atoms with E-state index < -0.39 is 11.8 Å². The normalized spacial score (nSPS) is 10.3. The van der Waals surface area contributed by atoms with Crippen molar-refractivity contribution in [3.63, 3.8) is 0 Å². The van der Waals surface area contributed by atoms with Crippen molar-refractivity contribution in [3.05, 3.63) is 71.6 Å². The number of hydrogen-bond donors (Lipinski definition) is 4. The third kappa shape index (κ3) is 6.04. The van der Waals surface area contributed by atoms with Crippen LogP contribution in [0.25, 0.3) is 6.08 Å². The van der Waals surface area contributed by atoms with Crippen LogP contribution in [0.2, 0.25) is 0 Å². The zero-order chi connectivity index (χ0) is 18.2. The highest BCUT2D eigenvalue weighted by Gasteiger charge is 2.06. The van der Waals surface area contributed by atoms with Gasteiger partial charge in [-0.3, -0.25) is 25.8 Å². The number of halogens is 1. The molecule has 0 aliphatic carbocycles. The molecular weight excluding hydrogens is 345 g/mol. The molecule has 0 heterocycles. The number of thiocarbonyl (C=S) groups is 1. The van der Waals surface area contributed by atoms with Crippen molar-refractivity contribution < 1.29 is 19.1 Å². The van der Waals surface area contributed by atoms with E-state index in [0.29, 0.717) is 11.1 Å². The van der Waals surface area contributed by atoms with E-state index >= 15 is 0 Å². The lowest BCUT2D eigenvalue weighted by Crippen LogP contribution is -2.48. The SMILES string of the molecule is O=C(C=Cc1ccc(F)cc1)NC(=S)NNC(=O)c1ccc(O)cc1. The van der Waals surface area contributed by atoms with Gasteiger partial charge in [0.25, 0.3) is 5.91 Å². The summed E-state index contributed by atoms with van der Waals surface area (Å²) in [4.78, 5) is 23.5. The van der Waals surface area contributed by atoms with Crippen molar-refractivity contribution in [2.75, 3.05) is 0 Å². The van der Waals surface area contributed by atoms with Gasteiger partial charge < -0.3 is 5.11 Å². The number of carbonyl (C=O) groups excluding carboxylic acids is 2. The summed E-state index contributed by atoms with van der Waals surface area (Å²) in [5.41, 5.74) is 5.65. The second-order valence-corrected chi connectivity index (χ2v) is 5.24. The van der Waals surface area contributed by atoms with Crippen molar-refractivity contribution in [2.24, 2.45) is 0 Å². The maximum atomic E-state index is 12.8.